The number of ketones is 2. The summed E-state index contributed by atoms with van der Waals surface area (Å²) in [4.78, 5) is 52.9. The second-order valence-corrected chi connectivity index (χ2v) is 11.8. The molecule has 0 bridgehead atoms. The van der Waals surface area contributed by atoms with Crippen molar-refractivity contribution in [1.29, 1.82) is 0 Å². The fraction of sp³-hybridized carbons (Fsp3) is 0.552. The van der Waals surface area contributed by atoms with Crippen molar-refractivity contribution in [3.63, 3.8) is 0 Å². The maximum absolute atomic E-state index is 13.4. The van der Waals surface area contributed by atoms with Gasteiger partial charge in [-0.2, -0.15) is 4.84 Å². The Bertz CT molecular complexity index is 1270. The fourth-order valence-corrected chi connectivity index (χ4v) is 7.99. The van der Waals surface area contributed by atoms with E-state index < -0.39 is 46.0 Å². The van der Waals surface area contributed by atoms with Gasteiger partial charge in [-0.25, -0.2) is 10.0 Å². The van der Waals surface area contributed by atoms with Crippen LogP contribution in [0.4, 0.5) is 0 Å². The third kappa shape index (κ3) is 4.39. The third-order valence-corrected chi connectivity index (χ3v) is 9.97. The van der Waals surface area contributed by atoms with Gasteiger partial charge in [-0.05, 0) is 73.8 Å². The summed E-state index contributed by atoms with van der Waals surface area (Å²) in [6.07, 6.45) is 7.00. The van der Waals surface area contributed by atoms with Crippen LogP contribution in [0.3, 0.4) is 0 Å². The summed E-state index contributed by atoms with van der Waals surface area (Å²) in [5, 5.41) is 31.1. The Morgan fingerprint density at radius 2 is 1.87 bits per heavy atom. The lowest BCUT2D eigenvalue weighted by molar-refractivity contribution is -0.979. The fourth-order valence-electron chi connectivity index (χ4n) is 7.99. The third-order valence-electron chi connectivity index (χ3n) is 9.97. The van der Waals surface area contributed by atoms with E-state index in [1.54, 1.807) is 12.2 Å². The summed E-state index contributed by atoms with van der Waals surface area (Å²) in [5.41, 5.74) is -1.32. The number of rotatable bonds is 7. The number of aliphatic hydroxyl groups is 2. The number of ether oxygens (including phenoxy) is 1. The molecule has 0 spiro atoms. The second kappa shape index (κ2) is 9.67. The molecule has 3 saturated carbocycles. The van der Waals surface area contributed by atoms with Crippen LogP contribution in [0.2, 0.25) is 0 Å². The molecular formula is C29H34NO9+. The van der Waals surface area contributed by atoms with Crippen molar-refractivity contribution < 1.29 is 44.5 Å². The van der Waals surface area contributed by atoms with E-state index in [4.69, 9.17) is 9.94 Å². The lowest BCUT2D eigenvalue weighted by Crippen LogP contribution is -2.61. The van der Waals surface area contributed by atoms with Crippen LogP contribution < -0.4 is 0 Å². The maximum Gasteiger partial charge on any atom is 0.475 e. The van der Waals surface area contributed by atoms with Crippen molar-refractivity contribution in [2.75, 3.05) is 6.61 Å². The van der Waals surface area contributed by atoms with Gasteiger partial charge in [0.1, 0.15) is 10.5 Å². The number of hydrogen-bond donors (Lipinski definition) is 3. The van der Waals surface area contributed by atoms with Crippen LogP contribution in [0, 0.1) is 33.5 Å². The number of hydrogen-bond acceptors (Lipinski definition) is 8. The van der Waals surface area contributed by atoms with Crippen LogP contribution in [-0.4, -0.2) is 56.4 Å². The Morgan fingerprint density at radius 3 is 2.56 bits per heavy atom. The lowest BCUT2D eigenvalue weighted by atomic mass is 9.46. The Kier molecular flexibility index (Phi) is 6.75. The van der Waals surface area contributed by atoms with E-state index in [1.807, 2.05) is 13.0 Å². The lowest BCUT2D eigenvalue weighted by Gasteiger charge is -2.59. The summed E-state index contributed by atoms with van der Waals surface area (Å²) in [6.45, 7) is 3.14. The zero-order valence-corrected chi connectivity index (χ0v) is 22.0. The minimum Gasteiger partial charge on any atom is -0.454 e. The minimum absolute atomic E-state index is 0.00122. The molecule has 3 fully saturated rings. The van der Waals surface area contributed by atoms with E-state index in [9.17, 15) is 29.5 Å². The molecule has 0 radical (unpaired) electrons. The molecule has 0 saturated heterocycles. The molecule has 7 atom stereocenters. The minimum atomic E-state index is -1.74. The number of Topliss-reactive ketones (excluding diaryl/α,β-unsaturated/α-hetero) is 1. The van der Waals surface area contributed by atoms with Gasteiger partial charge in [0.15, 0.2) is 19.0 Å². The quantitative estimate of drug-likeness (QED) is 0.350. The van der Waals surface area contributed by atoms with Crippen molar-refractivity contribution in [3.05, 3.63) is 64.1 Å². The number of nitrogens with zero attached hydrogens (tertiary/aromatic N) is 1. The molecule has 1 aromatic rings. The summed E-state index contributed by atoms with van der Waals surface area (Å²) in [5.74, 6) is -1.40. The average molecular weight is 541 g/mol. The monoisotopic (exact) mass is 540 g/mol. The predicted molar refractivity (Wildman–Crippen MR) is 135 cm³/mol. The van der Waals surface area contributed by atoms with Crippen LogP contribution in [0.15, 0.2) is 48.1 Å². The van der Waals surface area contributed by atoms with Crippen LogP contribution in [0.5, 0.6) is 0 Å². The topological polar surface area (TPSA) is 150 Å². The van der Waals surface area contributed by atoms with Gasteiger partial charge in [-0.15, -0.1) is 0 Å². The highest BCUT2D eigenvalue weighted by atomic mass is 16.9. The van der Waals surface area contributed by atoms with E-state index in [1.165, 1.54) is 24.3 Å². The molecule has 0 unspecified atom stereocenters. The number of carbonyl (C=O) groups excluding carboxylic acids is 3. The summed E-state index contributed by atoms with van der Waals surface area (Å²) in [7, 11) is 0. The first-order chi connectivity index (χ1) is 18.4. The maximum atomic E-state index is 13.4. The Labute approximate surface area is 225 Å². The van der Waals surface area contributed by atoms with Gasteiger partial charge >= 0.3 is 11.1 Å². The summed E-state index contributed by atoms with van der Waals surface area (Å²) in [6, 6.07) is 5.91. The van der Waals surface area contributed by atoms with Crippen molar-refractivity contribution in [1.82, 2.24) is 0 Å². The van der Waals surface area contributed by atoms with E-state index in [2.05, 4.69) is 11.8 Å². The number of aliphatic hydroxyl groups excluding tert-OH is 1. The van der Waals surface area contributed by atoms with E-state index >= 15 is 0 Å². The molecular weight excluding hydrogens is 506 g/mol. The highest BCUT2D eigenvalue weighted by Crippen LogP contribution is 2.67. The Morgan fingerprint density at radius 1 is 1.15 bits per heavy atom. The van der Waals surface area contributed by atoms with Gasteiger partial charge < -0.3 is 14.9 Å². The number of fused-ring (bicyclic) bond motifs is 5. The normalized spacial score (nSPS) is 36.7. The number of allylic oxidation sites excluding steroid dienone is 4. The Balaban J connectivity index is 1.28. The van der Waals surface area contributed by atoms with Gasteiger partial charge in [0.05, 0.1) is 11.7 Å². The summed E-state index contributed by atoms with van der Waals surface area (Å²) < 4.78 is 5.27. The van der Waals surface area contributed by atoms with E-state index in [0.717, 1.165) is 18.4 Å². The predicted octanol–water partition coefficient (Wildman–Crippen LogP) is 3.02. The zero-order valence-electron chi connectivity index (χ0n) is 22.0. The molecule has 0 aromatic heterocycles. The van der Waals surface area contributed by atoms with Gasteiger partial charge in [0.25, 0.3) is 0 Å². The smallest absolute Gasteiger partial charge is 0.454 e. The molecule has 0 amide bonds. The van der Waals surface area contributed by atoms with Crippen molar-refractivity contribution >= 4 is 17.5 Å². The molecule has 10 nitrogen and oxygen atoms in total. The molecule has 39 heavy (non-hydrogen) atoms. The van der Waals surface area contributed by atoms with E-state index in [0.29, 0.717) is 12.0 Å². The molecule has 10 heteroatoms. The molecule has 3 N–H and O–H groups in total. The first-order valence-corrected chi connectivity index (χ1v) is 13.3. The SMILES string of the molecule is C[C@]12C=CC(=O)C=C1CC[C@@H]1[C@@H]2[C@@H](O)C[C@@]2(C)[C@H]1CC[C@]2(O)C(=O)COC(=O)c1ccc(CO[N+](=O)O)cc1. The molecule has 0 aliphatic heterocycles. The van der Waals surface area contributed by atoms with Crippen LogP contribution in [0.25, 0.3) is 0 Å². The van der Waals surface area contributed by atoms with Crippen LogP contribution >= 0.6 is 0 Å². The van der Waals surface area contributed by atoms with Gasteiger partial charge in [-0.3, -0.25) is 9.59 Å². The van der Waals surface area contributed by atoms with Crippen molar-refractivity contribution in [2.24, 2.45) is 28.6 Å². The first kappa shape index (κ1) is 27.2. The number of esters is 1. The molecule has 1 aromatic carbocycles. The highest BCUT2D eigenvalue weighted by Gasteiger charge is 2.68. The molecule has 4 aliphatic rings. The molecule has 5 rings (SSSR count). The van der Waals surface area contributed by atoms with Gasteiger partial charge in [-0.1, -0.05) is 37.6 Å². The molecule has 4 aliphatic carbocycles. The summed E-state index contributed by atoms with van der Waals surface area (Å²) >= 11 is 0. The number of benzene rings is 1. The van der Waals surface area contributed by atoms with E-state index in [-0.39, 0.29) is 48.5 Å². The van der Waals surface area contributed by atoms with Crippen molar-refractivity contribution in [3.8, 4) is 0 Å². The second-order valence-electron chi connectivity index (χ2n) is 11.8. The van der Waals surface area contributed by atoms with Crippen LogP contribution in [0.1, 0.15) is 61.9 Å². The van der Waals surface area contributed by atoms with Crippen LogP contribution in [-0.2, 0) is 25.8 Å². The van der Waals surface area contributed by atoms with Gasteiger partial charge in [0, 0.05) is 16.7 Å². The standard InChI is InChI=1S/C29H34NO9/c1-27-11-9-20(31)13-19(27)7-8-21-22-10-12-29(35,28(22,2)14-23(32)25(21)27)24(33)16-38-26(34)18-5-3-17(4-6-18)15-39-30(36)37/h3-6,9,11,13,21-23,25,32,35H,7-8,10,12,14-16H2,1-2H3,(H,36,37)/q+1/t21-,22-,23-,25+,27-,28-,29-/m0/s1. The molecule has 0 heterocycles. The zero-order chi connectivity index (χ0) is 28.2. The first-order valence-electron chi connectivity index (χ1n) is 13.3. The molecule has 208 valence electrons. The van der Waals surface area contributed by atoms with Crippen molar-refractivity contribution in [2.45, 2.75) is 64.3 Å². The number of carbonyl (C=O) groups is 3. The Hall–Kier alpha value is -3.37. The largest absolute Gasteiger partial charge is 0.475 e. The van der Waals surface area contributed by atoms with Gasteiger partial charge in [0.2, 0.25) is 5.78 Å². The highest BCUT2D eigenvalue weighted by molar-refractivity contribution is 6.01. The average Bonchev–Trinajstić information content (AvgIpc) is 3.17.